The van der Waals surface area contributed by atoms with Gasteiger partial charge in [0, 0.05) is 23.7 Å². The maximum absolute atomic E-state index is 10.8. The highest BCUT2D eigenvalue weighted by molar-refractivity contribution is 6.36. The molecule has 9 heteroatoms. The SMILES string of the molecule is COc1cc(CNc2ccc(Cl)cc2Cl)cc(Cl)c1OCc1ccc([N+](=O)[O-])cc1. The van der Waals surface area contributed by atoms with Gasteiger partial charge in [-0.25, -0.2) is 0 Å². The van der Waals surface area contributed by atoms with E-state index >= 15 is 0 Å². The summed E-state index contributed by atoms with van der Waals surface area (Å²) in [6.07, 6.45) is 0. The van der Waals surface area contributed by atoms with E-state index < -0.39 is 4.92 Å². The van der Waals surface area contributed by atoms with Crippen molar-refractivity contribution in [2.24, 2.45) is 0 Å². The van der Waals surface area contributed by atoms with Crippen LogP contribution < -0.4 is 14.8 Å². The molecule has 0 radical (unpaired) electrons. The molecule has 0 atom stereocenters. The molecule has 0 saturated carbocycles. The van der Waals surface area contributed by atoms with E-state index in [-0.39, 0.29) is 12.3 Å². The van der Waals surface area contributed by atoms with E-state index in [4.69, 9.17) is 44.3 Å². The fourth-order valence-corrected chi connectivity index (χ4v) is 3.48. The summed E-state index contributed by atoms with van der Waals surface area (Å²) in [5.41, 5.74) is 2.40. The first-order valence-electron chi connectivity index (χ1n) is 8.79. The smallest absolute Gasteiger partial charge is 0.269 e. The average Bonchev–Trinajstić information content (AvgIpc) is 2.72. The Hall–Kier alpha value is -2.67. The van der Waals surface area contributed by atoms with Crippen molar-refractivity contribution < 1.29 is 14.4 Å². The standard InChI is InChI=1S/C21H17Cl3N2O4/c1-29-20-9-14(11-25-19-7-4-15(22)10-17(19)23)8-18(24)21(20)30-12-13-2-5-16(6-3-13)26(27)28/h2-10,25H,11-12H2,1H3. The third-order valence-corrected chi connectivity index (χ3v) is 5.06. The summed E-state index contributed by atoms with van der Waals surface area (Å²) in [6, 6.07) is 14.9. The van der Waals surface area contributed by atoms with Crippen molar-refractivity contribution in [2.45, 2.75) is 13.2 Å². The Kier molecular flexibility index (Phi) is 7.26. The van der Waals surface area contributed by atoms with Crippen molar-refractivity contribution >= 4 is 46.2 Å². The molecule has 0 aliphatic rings. The number of nitrogens with one attached hydrogen (secondary N) is 1. The Morgan fingerprint density at radius 3 is 2.33 bits per heavy atom. The van der Waals surface area contributed by atoms with Gasteiger partial charge in [0.1, 0.15) is 6.61 Å². The fourth-order valence-electron chi connectivity index (χ4n) is 2.71. The van der Waals surface area contributed by atoms with Gasteiger partial charge in [-0.15, -0.1) is 0 Å². The van der Waals surface area contributed by atoms with Gasteiger partial charge in [-0.1, -0.05) is 34.8 Å². The number of methoxy groups -OCH3 is 1. The van der Waals surface area contributed by atoms with Crippen LogP contribution >= 0.6 is 34.8 Å². The lowest BCUT2D eigenvalue weighted by molar-refractivity contribution is -0.384. The van der Waals surface area contributed by atoms with Gasteiger partial charge in [0.05, 0.1) is 27.8 Å². The Morgan fingerprint density at radius 1 is 0.967 bits per heavy atom. The predicted octanol–water partition coefficient (Wildman–Crippen LogP) is 6.75. The summed E-state index contributed by atoms with van der Waals surface area (Å²) >= 11 is 18.5. The molecule has 6 nitrogen and oxygen atoms in total. The molecule has 30 heavy (non-hydrogen) atoms. The number of non-ortho nitro benzene ring substituents is 1. The molecular weight excluding hydrogens is 451 g/mol. The molecule has 3 aromatic carbocycles. The lowest BCUT2D eigenvalue weighted by atomic mass is 10.2. The first-order valence-corrected chi connectivity index (χ1v) is 9.92. The molecule has 0 heterocycles. The van der Waals surface area contributed by atoms with Gasteiger partial charge in [-0.2, -0.15) is 0 Å². The van der Waals surface area contributed by atoms with Crippen LogP contribution in [0.15, 0.2) is 54.6 Å². The molecule has 0 bridgehead atoms. The lowest BCUT2D eigenvalue weighted by Crippen LogP contribution is -2.03. The van der Waals surface area contributed by atoms with E-state index in [0.717, 1.165) is 16.8 Å². The Labute approximate surface area is 188 Å². The molecule has 0 spiro atoms. The molecular formula is C21H17Cl3N2O4. The third kappa shape index (κ3) is 5.48. The Bertz CT molecular complexity index is 1060. The quantitative estimate of drug-likeness (QED) is 0.293. The number of anilines is 1. The van der Waals surface area contributed by atoms with Gasteiger partial charge in [0.2, 0.25) is 0 Å². The highest BCUT2D eigenvalue weighted by Gasteiger charge is 2.13. The second-order valence-electron chi connectivity index (χ2n) is 6.30. The molecule has 0 saturated heterocycles. The van der Waals surface area contributed by atoms with Gasteiger partial charge >= 0.3 is 0 Å². The van der Waals surface area contributed by atoms with Crippen LogP contribution in [0.4, 0.5) is 11.4 Å². The van der Waals surface area contributed by atoms with Crippen LogP contribution in [0.2, 0.25) is 15.1 Å². The number of nitro groups is 1. The second kappa shape index (κ2) is 9.89. The zero-order chi connectivity index (χ0) is 21.7. The van der Waals surface area contributed by atoms with Gasteiger partial charge in [0.15, 0.2) is 11.5 Å². The van der Waals surface area contributed by atoms with Crippen molar-refractivity contribution in [3.8, 4) is 11.5 Å². The summed E-state index contributed by atoms with van der Waals surface area (Å²) in [6.45, 7) is 0.645. The van der Waals surface area contributed by atoms with Crippen LogP contribution in [0, 0.1) is 10.1 Å². The second-order valence-corrected chi connectivity index (χ2v) is 7.55. The number of hydrogen-bond donors (Lipinski definition) is 1. The molecule has 0 unspecified atom stereocenters. The third-order valence-electron chi connectivity index (χ3n) is 4.23. The van der Waals surface area contributed by atoms with E-state index in [0.29, 0.717) is 33.1 Å². The number of benzene rings is 3. The van der Waals surface area contributed by atoms with Gasteiger partial charge in [-0.3, -0.25) is 10.1 Å². The van der Waals surface area contributed by atoms with Crippen LogP contribution in [-0.2, 0) is 13.2 Å². The van der Waals surface area contributed by atoms with Crippen LogP contribution in [0.1, 0.15) is 11.1 Å². The van der Waals surface area contributed by atoms with Crippen LogP contribution in [-0.4, -0.2) is 12.0 Å². The summed E-state index contributed by atoms with van der Waals surface area (Å²) in [4.78, 5) is 10.3. The highest BCUT2D eigenvalue weighted by Crippen LogP contribution is 2.37. The predicted molar refractivity (Wildman–Crippen MR) is 119 cm³/mol. The molecule has 0 aliphatic heterocycles. The number of nitro benzene ring substituents is 1. The van der Waals surface area contributed by atoms with Crippen molar-refractivity contribution in [3.63, 3.8) is 0 Å². The number of halogens is 3. The molecule has 0 aliphatic carbocycles. The first-order chi connectivity index (χ1) is 14.4. The maximum Gasteiger partial charge on any atom is 0.269 e. The average molecular weight is 468 g/mol. The lowest BCUT2D eigenvalue weighted by Gasteiger charge is -2.15. The molecule has 156 valence electrons. The summed E-state index contributed by atoms with van der Waals surface area (Å²) in [7, 11) is 1.53. The van der Waals surface area contributed by atoms with E-state index in [9.17, 15) is 10.1 Å². The van der Waals surface area contributed by atoms with Gasteiger partial charge in [-0.05, 0) is 53.6 Å². The van der Waals surface area contributed by atoms with Crippen molar-refractivity contribution in [1.29, 1.82) is 0 Å². The van der Waals surface area contributed by atoms with E-state index in [2.05, 4.69) is 5.32 Å². The zero-order valence-corrected chi connectivity index (χ0v) is 18.1. The molecule has 0 aromatic heterocycles. The summed E-state index contributed by atoms with van der Waals surface area (Å²) in [5, 5.41) is 15.4. The molecule has 0 fully saturated rings. The zero-order valence-electron chi connectivity index (χ0n) is 15.8. The van der Waals surface area contributed by atoms with E-state index in [1.165, 1.54) is 19.2 Å². The van der Waals surface area contributed by atoms with Crippen LogP contribution in [0.3, 0.4) is 0 Å². The molecule has 0 amide bonds. The minimum Gasteiger partial charge on any atom is -0.493 e. The van der Waals surface area contributed by atoms with Crippen molar-refractivity contribution in [3.05, 3.63) is 90.9 Å². The molecule has 3 rings (SSSR count). The normalized spacial score (nSPS) is 10.5. The van der Waals surface area contributed by atoms with Crippen molar-refractivity contribution in [1.82, 2.24) is 0 Å². The minimum atomic E-state index is -0.450. The first kappa shape index (κ1) is 22.0. The highest BCUT2D eigenvalue weighted by atomic mass is 35.5. The minimum absolute atomic E-state index is 0.0204. The fraction of sp³-hybridized carbons (Fsp3) is 0.143. The monoisotopic (exact) mass is 466 g/mol. The van der Waals surface area contributed by atoms with E-state index in [1.807, 2.05) is 6.07 Å². The van der Waals surface area contributed by atoms with Crippen molar-refractivity contribution in [2.75, 3.05) is 12.4 Å². The molecule has 3 aromatic rings. The number of hydrogen-bond acceptors (Lipinski definition) is 5. The number of ether oxygens (including phenoxy) is 2. The topological polar surface area (TPSA) is 73.6 Å². The maximum atomic E-state index is 10.8. The van der Waals surface area contributed by atoms with E-state index in [1.54, 1.807) is 36.4 Å². The molecule has 1 N–H and O–H groups in total. The Morgan fingerprint density at radius 2 is 1.70 bits per heavy atom. The van der Waals surface area contributed by atoms with Crippen LogP contribution in [0.5, 0.6) is 11.5 Å². The van der Waals surface area contributed by atoms with Gasteiger partial charge in [0.25, 0.3) is 5.69 Å². The largest absolute Gasteiger partial charge is 0.493 e. The summed E-state index contributed by atoms with van der Waals surface area (Å²) in [5.74, 6) is 0.870. The van der Waals surface area contributed by atoms with Gasteiger partial charge < -0.3 is 14.8 Å². The summed E-state index contributed by atoms with van der Waals surface area (Å²) < 4.78 is 11.2. The Balaban J connectivity index is 1.71. The number of nitrogens with zero attached hydrogens (tertiary/aromatic N) is 1. The number of rotatable bonds is 8. The van der Waals surface area contributed by atoms with Crippen LogP contribution in [0.25, 0.3) is 0 Å².